The SMILES string of the molecule is CC(C(=O)NC(C(=O)N1CC(Oc2ccc(F)cc2)CC1CN(CCc1ccc(F)cc1)C(=O)c1cn2c(n1)CCC2)C(C)(C)C)N(C)C(=O)OC(C)(C)C. The van der Waals surface area contributed by atoms with Crippen molar-refractivity contribution in [1.29, 1.82) is 0 Å². The summed E-state index contributed by atoms with van der Waals surface area (Å²) in [6.07, 6.45) is 3.09. The van der Waals surface area contributed by atoms with E-state index in [2.05, 4.69) is 10.3 Å². The molecule has 4 amide bonds. The van der Waals surface area contributed by atoms with Crippen LogP contribution in [0.1, 0.15) is 83.2 Å². The molecular weight excluding hydrogens is 710 g/mol. The minimum atomic E-state index is -1.03. The highest BCUT2D eigenvalue weighted by Gasteiger charge is 2.45. The summed E-state index contributed by atoms with van der Waals surface area (Å²) < 4.78 is 41.2. The molecule has 1 fully saturated rings. The number of imidazole rings is 1. The molecule has 0 bridgehead atoms. The number of likely N-dealkylation sites (tertiary alicyclic amines) is 1. The Morgan fingerprint density at radius 3 is 2.22 bits per heavy atom. The van der Waals surface area contributed by atoms with Gasteiger partial charge >= 0.3 is 6.09 Å². The zero-order chi connectivity index (χ0) is 40.2. The van der Waals surface area contributed by atoms with Crippen molar-refractivity contribution in [3.8, 4) is 5.75 Å². The first kappa shape index (κ1) is 41.2. The molecular formula is C41H54F2N6O6. The number of ether oxygens (including phenoxy) is 2. The van der Waals surface area contributed by atoms with Crippen molar-refractivity contribution < 1.29 is 37.4 Å². The van der Waals surface area contributed by atoms with Crippen molar-refractivity contribution in [2.75, 3.05) is 26.7 Å². The highest BCUT2D eigenvalue weighted by atomic mass is 19.1. The van der Waals surface area contributed by atoms with Crippen molar-refractivity contribution in [1.82, 2.24) is 29.6 Å². The fraction of sp³-hybridized carbons (Fsp3) is 0.537. The number of aryl methyl sites for hydroxylation is 2. The van der Waals surface area contributed by atoms with Crippen molar-refractivity contribution in [3.63, 3.8) is 0 Å². The molecule has 2 aromatic carbocycles. The number of aromatic nitrogens is 2. The highest BCUT2D eigenvalue weighted by molar-refractivity contribution is 5.93. The monoisotopic (exact) mass is 764 g/mol. The van der Waals surface area contributed by atoms with E-state index in [-0.39, 0.29) is 37.3 Å². The standard InChI is InChI=1S/C41H54F2N6O6/c1-26(46(8)39(53)55-41(5,6)7)36(50)45-35(40(2,3)4)38(52)49-24-32(54-31-17-15-29(43)16-18-31)22-30(49)23-48(21-19-27-11-13-28(42)14-12-27)37(51)33-25-47-20-9-10-34(47)44-33/h11-18,25-26,30,32,35H,9-10,19-24H2,1-8H3,(H,45,50). The van der Waals surface area contributed by atoms with Crippen molar-refractivity contribution in [2.24, 2.45) is 5.41 Å². The molecule has 2 aliphatic rings. The smallest absolute Gasteiger partial charge is 0.410 e. The topological polar surface area (TPSA) is 126 Å². The van der Waals surface area contributed by atoms with Crippen LogP contribution in [-0.4, -0.2) is 105 Å². The lowest BCUT2D eigenvalue weighted by atomic mass is 9.85. The molecule has 4 atom stereocenters. The van der Waals surface area contributed by atoms with Gasteiger partial charge in [-0.3, -0.25) is 19.3 Å². The number of hydrogen-bond acceptors (Lipinski definition) is 7. The van der Waals surface area contributed by atoms with Gasteiger partial charge in [0.25, 0.3) is 5.91 Å². The van der Waals surface area contributed by atoms with Crippen molar-refractivity contribution >= 4 is 23.8 Å². The summed E-state index contributed by atoms with van der Waals surface area (Å²) in [5, 5.41) is 2.91. The van der Waals surface area contributed by atoms with E-state index >= 15 is 0 Å². The van der Waals surface area contributed by atoms with Crippen LogP contribution in [0, 0.1) is 17.0 Å². The van der Waals surface area contributed by atoms with E-state index in [1.807, 2.05) is 25.3 Å². The van der Waals surface area contributed by atoms with Crippen LogP contribution < -0.4 is 10.1 Å². The quantitative estimate of drug-likeness (QED) is 0.254. The van der Waals surface area contributed by atoms with Gasteiger partial charge in [0.1, 0.15) is 52.7 Å². The van der Waals surface area contributed by atoms with E-state index in [1.54, 1.807) is 55.8 Å². The summed E-state index contributed by atoms with van der Waals surface area (Å²) in [4.78, 5) is 64.7. The van der Waals surface area contributed by atoms with E-state index < -0.39 is 53.1 Å². The molecule has 5 rings (SSSR count). The molecule has 3 heterocycles. The Kier molecular flexibility index (Phi) is 12.6. The molecule has 0 saturated carbocycles. The van der Waals surface area contributed by atoms with Crippen LogP contribution in [0.2, 0.25) is 0 Å². The fourth-order valence-corrected chi connectivity index (χ4v) is 6.82. The zero-order valence-electron chi connectivity index (χ0n) is 33.1. The van der Waals surface area contributed by atoms with E-state index in [1.165, 1.54) is 48.3 Å². The molecule has 3 aromatic rings. The van der Waals surface area contributed by atoms with Crippen LogP contribution in [0.15, 0.2) is 54.7 Å². The second kappa shape index (κ2) is 16.8. The van der Waals surface area contributed by atoms with Gasteiger partial charge in [0.05, 0.1) is 12.6 Å². The Labute approximate surface area is 322 Å². The number of amides is 4. The number of hydrogen-bond donors (Lipinski definition) is 1. The van der Waals surface area contributed by atoms with Gasteiger partial charge in [-0.1, -0.05) is 32.9 Å². The average Bonchev–Trinajstić information content (AvgIpc) is 3.84. The third-order valence-electron chi connectivity index (χ3n) is 10.00. The van der Waals surface area contributed by atoms with Gasteiger partial charge in [-0.05, 0) is 87.9 Å². The van der Waals surface area contributed by atoms with Crippen LogP contribution in [-0.2, 0) is 33.7 Å². The van der Waals surface area contributed by atoms with Crippen LogP contribution in [0.3, 0.4) is 0 Å². The Morgan fingerprint density at radius 1 is 0.982 bits per heavy atom. The lowest BCUT2D eigenvalue weighted by Crippen LogP contribution is -2.60. The maximum atomic E-state index is 14.8. The first-order valence-corrected chi connectivity index (χ1v) is 18.9. The van der Waals surface area contributed by atoms with E-state index in [9.17, 15) is 28.0 Å². The molecule has 1 aromatic heterocycles. The van der Waals surface area contributed by atoms with Gasteiger partial charge in [0, 0.05) is 45.7 Å². The number of nitrogens with one attached hydrogen (secondary N) is 1. The van der Waals surface area contributed by atoms with Gasteiger partial charge in [-0.25, -0.2) is 18.6 Å². The number of halogens is 2. The minimum absolute atomic E-state index is 0.125. The lowest BCUT2D eigenvalue weighted by Gasteiger charge is -2.38. The summed E-state index contributed by atoms with van der Waals surface area (Å²) in [5.74, 6) is -0.708. The molecule has 298 valence electrons. The predicted octanol–water partition coefficient (Wildman–Crippen LogP) is 5.63. The molecule has 1 N–H and O–H groups in total. The largest absolute Gasteiger partial charge is 0.489 e. The van der Waals surface area contributed by atoms with Crippen LogP contribution >= 0.6 is 0 Å². The molecule has 0 aliphatic carbocycles. The molecule has 12 nitrogen and oxygen atoms in total. The number of fused-ring (bicyclic) bond motifs is 1. The first-order valence-electron chi connectivity index (χ1n) is 18.9. The maximum Gasteiger partial charge on any atom is 0.410 e. The average molecular weight is 765 g/mol. The van der Waals surface area contributed by atoms with Gasteiger partial charge in [-0.15, -0.1) is 0 Å². The Morgan fingerprint density at radius 2 is 1.62 bits per heavy atom. The summed E-state index contributed by atoms with van der Waals surface area (Å²) >= 11 is 0. The first-order chi connectivity index (χ1) is 25.8. The molecule has 14 heteroatoms. The summed E-state index contributed by atoms with van der Waals surface area (Å²) in [6, 6.07) is 9.21. The van der Waals surface area contributed by atoms with Crippen LogP contribution in [0.4, 0.5) is 13.6 Å². The lowest BCUT2D eigenvalue weighted by molar-refractivity contribution is -0.141. The second-order valence-corrected chi connectivity index (χ2v) is 16.6. The zero-order valence-corrected chi connectivity index (χ0v) is 33.1. The fourth-order valence-electron chi connectivity index (χ4n) is 6.82. The number of carbonyl (C=O) groups excluding carboxylic acids is 4. The number of carbonyl (C=O) groups is 4. The van der Waals surface area contributed by atoms with E-state index in [4.69, 9.17) is 9.47 Å². The number of nitrogens with zero attached hydrogens (tertiary/aromatic N) is 5. The van der Waals surface area contributed by atoms with Gasteiger partial charge in [0.15, 0.2) is 0 Å². The van der Waals surface area contributed by atoms with E-state index in [0.717, 1.165) is 30.8 Å². The molecule has 0 spiro atoms. The Bertz CT molecular complexity index is 1810. The van der Waals surface area contributed by atoms with E-state index in [0.29, 0.717) is 24.3 Å². The maximum absolute atomic E-state index is 14.8. The van der Waals surface area contributed by atoms with Crippen molar-refractivity contribution in [3.05, 3.63) is 83.4 Å². The third kappa shape index (κ3) is 10.6. The van der Waals surface area contributed by atoms with Crippen LogP contribution in [0.5, 0.6) is 5.75 Å². The molecule has 0 radical (unpaired) electrons. The molecule has 2 aliphatic heterocycles. The normalized spacial score (nSPS) is 18.0. The predicted molar refractivity (Wildman–Crippen MR) is 202 cm³/mol. The summed E-state index contributed by atoms with van der Waals surface area (Å²) in [6.45, 7) is 13.6. The van der Waals surface area contributed by atoms with Crippen molar-refractivity contribution in [2.45, 2.75) is 111 Å². The molecule has 4 unspecified atom stereocenters. The summed E-state index contributed by atoms with van der Waals surface area (Å²) in [7, 11) is 1.46. The van der Waals surface area contributed by atoms with Crippen LogP contribution in [0.25, 0.3) is 0 Å². The second-order valence-electron chi connectivity index (χ2n) is 16.6. The molecule has 55 heavy (non-hydrogen) atoms. The number of likely N-dealkylation sites (N-methyl/N-ethyl adjacent to an activating group) is 1. The Hall–Kier alpha value is -5.01. The third-order valence-corrected chi connectivity index (χ3v) is 10.00. The minimum Gasteiger partial charge on any atom is -0.489 e. The Balaban J connectivity index is 1.42. The van der Waals surface area contributed by atoms with Gasteiger partial charge in [0.2, 0.25) is 11.8 Å². The van der Waals surface area contributed by atoms with Gasteiger partial charge < -0.3 is 29.2 Å². The number of rotatable bonds is 12. The highest BCUT2D eigenvalue weighted by Crippen LogP contribution is 2.30. The summed E-state index contributed by atoms with van der Waals surface area (Å²) in [5.41, 5.74) is -0.391. The van der Waals surface area contributed by atoms with Gasteiger partial charge in [-0.2, -0.15) is 0 Å². The molecule has 1 saturated heterocycles. The number of benzene rings is 2.